The molecule has 0 spiro atoms. The minimum atomic E-state index is -0.627. The number of carbonyl (C=O) groups is 2. The van der Waals surface area contributed by atoms with Crippen LogP contribution in [0.4, 0.5) is 5.69 Å². The summed E-state index contributed by atoms with van der Waals surface area (Å²) < 4.78 is 1.51. The van der Waals surface area contributed by atoms with Crippen molar-refractivity contribution in [1.82, 2.24) is 9.78 Å². The van der Waals surface area contributed by atoms with Gasteiger partial charge in [0.15, 0.2) is 11.5 Å². The topological polar surface area (TPSA) is 81.1 Å². The third kappa shape index (κ3) is 4.12. The Hall–Kier alpha value is -3.25. The Bertz CT molecular complexity index is 1070. The first-order valence-corrected chi connectivity index (χ1v) is 8.52. The van der Waals surface area contributed by atoms with E-state index in [1.54, 1.807) is 55.5 Å². The maximum absolute atomic E-state index is 12.5. The number of hydrogen-bond acceptors (Lipinski definition) is 4. The highest BCUT2D eigenvalue weighted by molar-refractivity contribution is 6.30. The summed E-state index contributed by atoms with van der Waals surface area (Å²) >= 11 is 5.90. The van der Waals surface area contributed by atoms with Crippen LogP contribution in [0.3, 0.4) is 0 Å². The molecule has 0 aliphatic rings. The van der Waals surface area contributed by atoms with E-state index >= 15 is 0 Å². The summed E-state index contributed by atoms with van der Waals surface area (Å²) in [5, 5.41) is 7.41. The van der Waals surface area contributed by atoms with Gasteiger partial charge in [0, 0.05) is 28.0 Å². The van der Waals surface area contributed by atoms with Crippen LogP contribution < -0.4 is 10.7 Å². The summed E-state index contributed by atoms with van der Waals surface area (Å²) in [6.07, 6.45) is 0. The lowest BCUT2D eigenvalue weighted by Gasteiger charge is -2.11. The van der Waals surface area contributed by atoms with Gasteiger partial charge < -0.3 is 5.32 Å². The number of ketones is 1. The van der Waals surface area contributed by atoms with E-state index in [9.17, 15) is 14.4 Å². The lowest BCUT2D eigenvalue weighted by molar-refractivity contribution is 0.101. The number of carbonyl (C=O) groups excluding carboxylic acids is 2. The Morgan fingerprint density at radius 1 is 1.04 bits per heavy atom. The van der Waals surface area contributed by atoms with Crippen molar-refractivity contribution in [3.05, 3.63) is 86.8 Å². The first-order chi connectivity index (χ1) is 12.8. The molecule has 1 amide bonds. The van der Waals surface area contributed by atoms with E-state index < -0.39 is 11.3 Å². The second-order valence-electron chi connectivity index (χ2n) is 5.97. The van der Waals surface area contributed by atoms with Crippen molar-refractivity contribution in [1.29, 1.82) is 0 Å². The van der Waals surface area contributed by atoms with Crippen LogP contribution in [0, 0.1) is 6.92 Å². The number of aryl methyl sites for hydroxylation is 1. The standard InChI is InChI=1S/C20H16ClN3O3/c1-12-11-18(26)19(23-24(12)17-9-5-15(21)6-10-17)20(27)22-16-7-3-14(4-8-16)13(2)25/h3-11H,1-2H3,(H,22,27). The largest absolute Gasteiger partial charge is 0.320 e. The summed E-state index contributed by atoms with van der Waals surface area (Å²) in [5.74, 6) is -0.697. The molecule has 2 aromatic carbocycles. The molecule has 0 aliphatic carbocycles. The van der Waals surface area contributed by atoms with Crippen LogP contribution in [0.1, 0.15) is 33.5 Å². The molecule has 3 rings (SSSR count). The minimum Gasteiger partial charge on any atom is -0.320 e. The molecule has 0 saturated heterocycles. The Morgan fingerprint density at radius 3 is 2.26 bits per heavy atom. The first kappa shape index (κ1) is 18.5. The number of rotatable bonds is 4. The molecule has 27 heavy (non-hydrogen) atoms. The minimum absolute atomic E-state index is 0.0704. The molecule has 0 saturated carbocycles. The number of aromatic nitrogens is 2. The zero-order valence-electron chi connectivity index (χ0n) is 14.7. The van der Waals surface area contributed by atoms with Crippen molar-refractivity contribution in [2.45, 2.75) is 13.8 Å². The van der Waals surface area contributed by atoms with E-state index in [0.717, 1.165) is 0 Å². The molecule has 7 heteroatoms. The van der Waals surface area contributed by atoms with Crippen LogP contribution in [0.25, 0.3) is 5.69 Å². The molecule has 3 aromatic rings. The predicted octanol–water partition coefficient (Wildman–Crippen LogP) is 3.65. The van der Waals surface area contributed by atoms with Crippen LogP contribution in [0.2, 0.25) is 5.02 Å². The van der Waals surface area contributed by atoms with Gasteiger partial charge in [-0.05, 0) is 62.4 Å². The van der Waals surface area contributed by atoms with Gasteiger partial charge in [0.05, 0.1) is 5.69 Å². The summed E-state index contributed by atoms with van der Waals surface area (Å²) in [5.41, 5.74) is 1.56. The number of benzene rings is 2. The van der Waals surface area contributed by atoms with Gasteiger partial charge in [-0.3, -0.25) is 14.4 Å². The molecular weight excluding hydrogens is 366 g/mol. The monoisotopic (exact) mass is 381 g/mol. The SMILES string of the molecule is CC(=O)c1ccc(NC(=O)c2nn(-c3ccc(Cl)cc3)c(C)cc2=O)cc1. The highest BCUT2D eigenvalue weighted by Crippen LogP contribution is 2.14. The van der Waals surface area contributed by atoms with Crippen molar-refractivity contribution >= 4 is 29.0 Å². The number of halogens is 1. The molecule has 0 radical (unpaired) electrons. The third-order valence-electron chi connectivity index (χ3n) is 3.94. The zero-order chi connectivity index (χ0) is 19.6. The zero-order valence-corrected chi connectivity index (χ0v) is 15.4. The number of Topliss-reactive ketones (excluding diaryl/α,β-unsaturated/α-hetero) is 1. The van der Waals surface area contributed by atoms with Crippen molar-refractivity contribution < 1.29 is 9.59 Å². The number of anilines is 1. The summed E-state index contributed by atoms with van der Waals surface area (Å²) in [7, 11) is 0. The maximum Gasteiger partial charge on any atom is 0.280 e. The van der Waals surface area contributed by atoms with E-state index in [0.29, 0.717) is 27.7 Å². The molecule has 1 aromatic heterocycles. The number of nitrogens with one attached hydrogen (secondary N) is 1. The molecular formula is C20H16ClN3O3. The van der Waals surface area contributed by atoms with Gasteiger partial charge in [0.2, 0.25) is 5.43 Å². The van der Waals surface area contributed by atoms with Gasteiger partial charge in [-0.1, -0.05) is 11.6 Å². The van der Waals surface area contributed by atoms with Crippen LogP contribution in [-0.4, -0.2) is 21.5 Å². The average molecular weight is 382 g/mol. The van der Waals surface area contributed by atoms with E-state index in [1.807, 2.05) is 0 Å². The lowest BCUT2D eigenvalue weighted by Crippen LogP contribution is -2.26. The number of amides is 1. The molecule has 1 N–H and O–H groups in total. The second kappa shape index (κ2) is 7.55. The van der Waals surface area contributed by atoms with Crippen molar-refractivity contribution in [3.8, 4) is 5.69 Å². The normalized spacial score (nSPS) is 10.5. The van der Waals surface area contributed by atoms with Crippen molar-refractivity contribution in [3.63, 3.8) is 0 Å². The average Bonchev–Trinajstić information content (AvgIpc) is 2.63. The van der Waals surface area contributed by atoms with Crippen molar-refractivity contribution in [2.24, 2.45) is 0 Å². The molecule has 0 bridgehead atoms. The van der Waals surface area contributed by atoms with Gasteiger partial charge in [-0.25, -0.2) is 4.68 Å². The maximum atomic E-state index is 12.5. The Labute approximate surface area is 160 Å². The highest BCUT2D eigenvalue weighted by Gasteiger charge is 2.16. The predicted molar refractivity (Wildman–Crippen MR) is 104 cm³/mol. The first-order valence-electron chi connectivity index (χ1n) is 8.14. The summed E-state index contributed by atoms with van der Waals surface area (Å²) in [6, 6.07) is 14.7. The molecule has 0 fully saturated rings. The van der Waals surface area contributed by atoms with Crippen LogP contribution >= 0.6 is 11.6 Å². The molecule has 6 nitrogen and oxygen atoms in total. The third-order valence-corrected chi connectivity index (χ3v) is 4.20. The highest BCUT2D eigenvalue weighted by atomic mass is 35.5. The molecule has 0 aliphatic heterocycles. The smallest absolute Gasteiger partial charge is 0.280 e. The van der Waals surface area contributed by atoms with Crippen LogP contribution in [0.5, 0.6) is 0 Å². The second-order valence-corrected chi connectivity index (χ2v) is 6.41. The summed E-state index contributed by atoms with van der Waals surface area (Å²) in [6.45, 7) is 3.19. The van der Waals surface area contributed by atoms with Gasteiger partial charge in [-0.2, -0.15) is 5.10 Å². The molecule has 0 unspecified atom stereocenters. The van der Waals surface area contributed by atoms with E-state index in [2.05, 4.69) is 10.4 Å². The Kier molecular flexibility index (Phi) is 5.19. The van der Waals surface area contributed by atoms with Crippen molar-refractivity contribution in [2.75, 3.05) is 5.32 Å². The van der Waals surface area contributed by atoms with Crippen LogP contribution in [0.15, 0.2) is 59.4 Å². The molecule has 136 valence electrons. The van der Waals surface area contributed by atoms with Gasteiger partial charge in [0.25, 0.3) is 5.91 Å². The lowest BCUT2D eigenvalue weighted by atomic mass is 10.1. The molecule has 0 atom stereocenters. The summed E-state index contributed by atoms with van der Waals surface area (Å²) in [4.78, 5) is 36.1. The van der Waals surface area contributed by atoms with E-state index in [1.165, 1.54) is 17.7 Å². The fourth-order valence-corrected chi connectivity index (χ4v) is 2.65. The van der Waals surface area contributed by atoms with E-state index in [4.69, 9.17) is 11.6 Å². The molecule has 1 heterocycles. The Morgan fingerprint density at radius 2 is 1.67 bits per heavy atom. The fourth-order valence-electron chi connectivity index (χ4n) is 2.53. The number of hydrogen-bond donors (Lipinski definition) is 1. The number of nitrogens with zero attached hydrogens (tertiary/aromatic N) is 2. The van der Waals surface area contributed by atoms with Gasteiger partial charge >= 0.3 is 0 Å². The van der Waals surface area contributed by atoms with E-state index in [-0.39, 0.29) is 11.5 Å². The van der Waals surface area contributed by atoms with Gasteiger partial charge in [0.1, 0.15) is 0 Å². The Balaban J connectivity index is 1.92. The fraction of sp³-hybridized carbons (Fsp3) is 0.100. The van der Waals surface area contributed by atoms with Crippen LogP contribution in [-0.2, 0) is 0 Å². The quantitative estimate of drug-likeness (QED) is 0.699. The van der Waals surface area contributed by atoms with Gasteiger partial charge in [-0.15, -0.1) is 0 Å².